The number of carboxylic acid groups (broad SMARTS) is 1. The van der Waals surface area contributed by atoms with E-state index in [4.69, 9.17) is 0 Å². The highest BCUT2D eigenvalue weighted by molar-refractivity contribution is 9.10. The molecule has 0 aliphatic heterocycles. The third-order valence-corrected chi connectivity index (χ3v) is 5.37. The molecule has 0 heterocycles. The average Bonchev–Trinajstić information content (AvgIpc) is 2.71. The molecular weight excluding hydrogens is 552 g/mol. The molecule has 0 saturated carbocycles. The van der Waals surface area contributed by atoms with Crippen molar-refractivity contribution in [3.05, 3.63) is 56.5 Å². The number of benzene rings is 2. The molecule has 168 valence electrons. The van der Waals surface area contributed by atoms with E-state index in [9.17, 15) is 39.6 Å². The number of hydrogen-bond acceptors (Lipinski definition) is 7. The predicted octanol–water partition coefficient (Wildman–Crippen LogP) is -0.239. The van der Waals surface area contributed by atoms with Crippen LogP contribution in [0, 0.1) is 0 Å². The van der Waals surface area contributed by atoms with Gasteiger partial charge in [-0.05, 0) is 47.7 Å². The topological polar surface area (TPSA) is 156 Å². The van der Waals surface area contributed by atoms with Gasteiger partial charge in [0, 0.05) is 33.0 Å². The maximum Gasteiger partial charge on any atom is 0.488 e. The van der Waals surface area contributed by atoms with Gasteiger partial charge in [-0.3, -0.25) is 14.4 Å². The zero-order valence-corrected chi connectivity index (χ0v) is 19.8. The summed E-state index contributed by atoms with van der Waals surface area (Å²) in [7, 11) is -3.55. The van der Waals surface area contributed by atoms with E-state index in [0.717, 1.165) is 4.90 Å². The first-order valence-corrected chi connectivity index (χ1v) is 10.9. The number of aliphatic carboxylic acids is 1. The summed E-state index contributed by atoms with van der Waals surface area (Å²) >= 11 is 6.38. The molecule has 5 N–H and O–H groups in total. The van der Waals surface area contributed by atoms with E-state index in [0.29, 0.717) is 8.95 Å². The lowest BCUT2D eigenvalue weighted by Gasteiger charge is -2.21. The minimum absolute atomic E-state index is 0.0140. The fourth-order valence-electron chi connectivity index (χ4n) is 2.98. The molecule has 1 amide bonds. The standard InChI is InChI=1S/C19H19B2Br2NO8/c22-15-6-11(4-13(8-15)20(29)30)17(25)2-1-3-24(10-18(26)27)19(28)12-5-14(21(31)32)9-16(23)7-12/h4-9,29-32H,1-3,10H2,(H,26,27). The van der Waals surface area contributed by atoms with Crippen molar-refractivity contribution < 1.29 is 39.6 Å². The van der Waals surface area contributed by atoms with Crippen LogP contribution in [0.2, 0.25) is 0 Å². The van der Waals surface area contributed by atoms with Gasteiger partial charge in [0.25, 0.3) is 5.91 Å². The van der Waals surface area contributed by atoms with Crippen molar-refractivity contribution in [1.82, 2.24) is 4.90 Å². The second-order valence-corrected chi connectivity index (χ2v) is 8.77. The van der Waals surface area contributed by atoms with Gasteiger partial charge in [-0.1, -0.05) is 37.9 Å². The van der Waals surface area contributed by atoms with Gasteiger partial charge in [0.2, 0.25) is 0 Å². The van der Waals surface area contributed by atoms with Crippen LogP contribution in [0.25, 0.3) is 0 Å². The number of carbonyl (C=O) groups is 3. The Morgan fingerprint density at radius 1 is 0.812 bits per heavy atom. The number of halogens is 2. The van der Waals surface area contributed by atoms with Crippen molar-refractivity contribution in [3.8, 4) is 0 Å². The number of carbonyl (C=O) groups excluding carboxylic acids is 2. The SMILES string of the molecule is O=C(O)CN(CCCC(=O)c1cc(Br)cc(B(O)O)c1)C(=O)c1cc(Br)cc(B(O)O)c1. The molecule has 0 radical (unpaired) electrons. The van der Waals surface area contributed by atoms with Crippen LogP contribution in [0.4, 0.5) is 0 Å². The summed E-state index contributed by atoms with van der Waals surface area (Å²) in [6.45, 7) is -0.641. The van der Waals surface area contributed by atoms with Gasteiger partial charge >= 0.3 is 20.2 Å². The first kappa shape index (κ1) is 26.2. The Balaban J connectivity index is 2.13. The van der Waals surface area contributed by atoms with Crippen LogP contribution in [-0.4, -0.2) is 75.1 Å². The number of carboxylic acids is 1. The Kier molecular flexibility index (Phi) is 9.62. The maximum atomic E-state index is 12.8. The molecule has 2 aromatic rings. The molecule has 0 bridgehead atoms. The highest BCUT2D eigenvalue weighted by atomic mass is 79.9. The number of hydrogen-bond donors (Lipinski definition) is 5. The largest absolute Gasteiger partial charge is 0.488 e. The maximum absolute atomic E-state index is 12.8. The molecule has 0 atom stereocenters. The van der Waals surface area contributed by atoms with E-state index < -0.39 is 32.7 Å². The Morgan fingerprint density at radius 3 is 1.81 bits per heavy atom. The molecule has 0 saturated heterocycles. The third kappa shape index (κ3) is 7.54. The van der Waals surface area contributed by atoms with Crippen LogP contribution in [0.3, 0.4) is 0 Å². The summed E-state index contributed by atoms with van der Waals surface area (Å²) in [5.41, 5.74) is 0.502. The molecule has 0 spiro atoms. The van der Waals surface area contributed by atoms with Crippen molar-refractivity contribution in [2.24, 2.45) is 0 Å². The van der Waals surface area contributed by atoms with Gasteiger partial charge in [0.1, 0.15) is 6.54 Å². The third-order valence-electron chi connectivity index (χ3n) is 4.45. The number of amides is 1. The van der Waals surface area contributed by atoms with E-state index in [2.05, 4.69) is 31.9 Å². The second kappa shape index (κ2) is 11.7. The molecule has 9 nitrogen and oxygen atoms in total. The monoisotopic (exact) mass is 569 g/mol. The number of rotatable bonds is 10. The summed E-state index contributed by atoms with van der Waals surface area (Å²) in [4.78, 5) is 37.7. The van der Waals surface area contributed by atoms with Gasteiger partial charge in [-0.25, -0.2) is 0 Å². The minimum atomic E-state index is -1.81. The lowest BCUT2D eigenvalue weighted by atomic mass is 9.79. The number of nitrogens with zero attached hydrogens (tertiary/aromatic N) is 1. The van der Waals surface area contributed by atoms with Crippen LogP contribution in [0.15, 0.2) is 45.3 Å². The molecule has 0 aromatic heterocycles. The zero-order chi connectivity index (χ0) is 24.0. The van der Waals surface area contributed by atoms with Gasteiger partial charge in [-0.15, -0.1) is 0 Å². The highest BCUT2D eigenvalue weighted by Crippen LogP contribution is 2.16. The van der Waals surface area contributed by atoms with E-state index >= 15 is 0 Å². The van der Waals surface area contributed by atoms with Crippen molar-refractivity contribution in [2.45, 2.75) is 12.8 Å². The summed E-state index contributed by atoms with van der Waals surface area (Å²) in [6, 6.07) is 8.43. The van der Waals surface area contributed by atoms with Gasteiger partial charge < -0.3 is 30.1 Å². The van der Waals surface area contributed by atoms with Crippen LogP contribution in [0.1, 0.15) is 33.6 Å². The highest BCUT2D eigenvalue weighted by Gasteiger charge is 2.22. The quantitative estimate of drug-likeness (QED) is 0.194. The first-order valence-electron chi connectivity index (χ1n) is 9.35. The second-order valence-electron chi connectivity index (χ2n) is 6.94. The molecule has 0 fully saturated rings. The van der Waals surface area contributed by atoms with Crippen molar-refractivity contribution in [3.63, 3.8) is 0 Å². The van der Waals surface area contributed by atoms with E-state index in [1.807, 2.05) is 0 Å². The van der Waals surface area contributed by atoms with Crippen LogP contribution in [-0.2, 0) is 4.79 Å². The van der Waals surface area contributed by atoms with Crippen molar-refractivity contribution in [2.75, 3.05) is 13.1 Å². The molecule has 13 heteroatoms. The van der Waals surface area contributed by atoms with Crippen LogP contribution >= 0.6 is 31.9 Å². The summed E-state index contributed by atoms with van der Waals surface area (Å²) in [5.74, 6) is -2.20. The molecule has 32 heavy (non-hydrogen) atoms. The van der Waals surface area contributed by atoms with Crippen molar-refractivity contribution in [1.29, 1.82) is 0 Å². The first-order chi connectivity index (χ1) is 15.0. The normalized spacial score (nSPS) is 10.6. The predicted molar refractivity (Wildman–Crippen MR) is 125 cm³/mol. The van der Waals surface area contributed by atoms with Gasteiger partial charge in [0.05, 0.1) is 0 Å². The van der Waals surface area contributed by atoms with Gasteiger partial charge in [-0.2, -0.15) is 0 Å². The van der Waals surface area contributed by atoms with Gasteiger partial charge in [0.15, 0.2) is 5.78 Å². The summed E-state index contributed by atoms with van der Waals surface area (Å²) < 4.78 is 0.902. The Bertz CT molecular complexity index is 1020. The lowest BCUT2D eigenvalue weighted by Crippen LogP contribution is -2.38. The van der Waals surface area contributed by atoms with Crippen LogP contribution in [0.5, 0.6) is 0 Å². The fourth-order valence-corrected chi connectivity index (χ4v) is 4.00. The molecule has 2 rings (SSSR count). The fraction of sp³-hybridized carbons (Fsp3) is 0.211. The Morgan fingerprint density at radius 2 is 1.31 bits per heavy atom. The molecule has 2 aromatic carbocycles. The summed E-state index contributed by atoms with van der Waals surface area (Å²) in [6.07, 6.45) is 0.144. The molecule has 0 aliphatic carbocycles. The minimum Gasteiger partial charge on any atom is -0.480 e. The smallest absolute Gasteiger partial charge is 0.480 e. The number of ketones is 1. The molecule has 0 aliphatic rings. The van der Waals surface area contributed by atoms with E-state index in [1.165, 1.54) is 36.4 Å². The van der Waals surface area contributed by atoms with Crippen LogP contribution < -0.4 is 10.9 Å². The number of Topliss-reactive ketones (excluding diaryl/α,β-unsaturated/α-hetero) is 1. The van der Waals surface area contributed by atoms with E-state index in [-0.39, 0.29) is 47.2 Å². The Hall–Kier alpha value is -2.02. The Labute approximate surface area is 201 Å². The zero-order valence-electron chi connectivity index (χ0n) is 16.6. The average molecular weight is 571 g/mol. The molecule has 0 unspecified atom stereocenters. The lowest BCUT2D eigenvalue weighted by molar-refractivity contribution is -0.137. The molecular formula is C19H19B2Br2NO8. The van der Waals surface area contributed by atoms with Crippen molar-refractivity contribution >= 4 is 74.7 Å². The van der Waals surface area contributed by atoms with E-state index in [1.54, 1.807) is 0 Å². The summed E-state index contributed by atoms with van der Waals surface area (Å²) in [5, 5.41) is 46.5.